The molecule has 0 aliphatic heterocycles. The summed E-state index contributed by atoms with van der Waals surface area (Å²) in [5.74, 6) is 0. The molecule has 0 saturated heterocycles. The normalized spacial score (nSPS) is 14.2. The quantitative estimate of drug-likeness (QED) is 0.113. The van der Waals surface area contributed by atoms with E-state index in [-0.39, 0.29) is 21.7 Å². The SMILES string of the molecule is CC1(C)c2ccccc2-c2cccc(N(c3ccccc3)c3ccc4ccc5c(N(c6ccccc6)c6cccc7c6C(C)(C)c6ccccc6-7)ccc6ccc3c4c65)c21.Cc1cccc(N(c2cccc3c2C(C)(C)c2ccccc2-3)c2ccc3ccc4c(N(c5cccc(C)c5)c5cccc6c5C(C)(C)c5ccccc5-6)ccc5ccc2c3c54)c1. The van der Waals surface area contributed by atoms with Crippen molar-refractivity contribution in [2.45, 2.75) is 90.9 Å². The first-order valence-corrected chi connectivity index (χ1v) is 43.2. The minimum absolute atomic E-state index is 0.178. The molecular weight excluding hydrogens is 1470 g/mol. The Morgan fingerprint density at radius 2 is 0.385 bits per heavy atom. The summed E-state index contributed by atoms with van der Waals surface area (Å²) in [5, 5.41) is 15.1. The van der Waals surface area contributed by atoms with Crippen molar-refractivity contribution < 1.29 is 0 Å². The number of para-hydroxylation sites is 2. The summed E-state index contributed by atoms with van der Waals surface area (Å²) < 4.78 is 0. The zero-order chi connectivity index (χ0) is 82.4. The molecule has 0 atom stereocenters. The molecule has 4 aliphatic rings. The van der Waals surface area contributed by atoms with E-state index < -0.39 is 0 Å². The van der Waals surface area contributed by atoms with Crippen molar-refractivity contribution >= 4 is 133 Å². The number of hydrogen-bond acceptors (Lipinski definition) is 4. The molecule has 584 valence electrons. The highest BCUT2D eigenvalue weighted by Crippen LogP contribution is 2.62. The Balaban J connectivity index is 0.000000142. The third-order valence-corrected chi connectivity index (χ3v) is 27.9. The van der Waals surface area contributed by atoms with Gasteiger partial charge < -0.3 is 19.6 Å². The molecule has 0 saturated carbocycles. The molecule has 122 heavy (non-hydrogen) atoms. The fourth-order valence-corrected chi connectivity index (χ4v) is 22.7. The largest absolute Gasteiger partial charge is 0.310 e. The highest BCUT2D eigenvalue weighted by molar-refractivity contribution is 6.30. The minimum Gasteiger partial charge on any atom is -0.310 e. The lowest BCUT2D eigenvalue weighted by Gasteiger charge is -2.34. The smallest absolute Gasteiger partial charge is 0.0540 e. The zero-order valence-electron chi connectivity index (χ0n) is 70.6. The summed E-state index contributed by atoms with van der Waals surface area (Å²) in [6.45, 7) is 23.5. The molecule has 0 fully saturated rings. The van der Waals surface area contributed by atoms with Gasteiger partial charge in [0.15, 0.2) is 0 Å². The molecule has 0 radical (unpaired) electrons. The van der Waals surface area contributed by atoms with Crippen LogP contribution in [0.3, 0.4) is 0 Å². The van der Waals surface area contributed by atoms with Gasteiger partial charge in [-0.15, -0.1) is 0 Å². The predicted octanol–water partition coefficient (Wildman–Crippen LogP) is 32.9. The van der Waals surface area contributed by atoms with Gasteiger partial charge in [0.05, 0.1) is 45.5 Å². The van der Waals surface area contributed by atoms with Gasteiger partial charge in [0.25, 0.3) is 0 Å². The van der Waals surface area contributed by atoms with Crippen LogP contribution in [0, 0.1) is 13.8 Å². The standard InChI is InChI=1S/C60H48N2.C58H44N2/c1-37-15-11-17-41(35-37)61(53-25-13-21-45-43-19-7-9-23-49(43)59(3,4)57(45)53)51-33-29-39-28-32-48-52(34-30-40-27-31-47(51)55(39)56(40)48)62(42-18-12-16-38(2)36-42)54-26-14-22-46-44-20-8-10-24-50(44)60(5,6)58(46)54;1-57(2)47-25-13-11-21-41(47)43-23-15-27-51(55(43)57)59(39-17-7-5-8-18-39)49-35-31-37-30-34-46-50(36-32-38-29-33-45(49)53(37)54(38)46)60(40-19-9-6-10-20-40)52-28-16-24-44-42-22-12-14-26-48(42)58(3,4)56(44)52/h7-36H,1-6H3;5-36H,1-4H3. The van der Waals surface area contributed by atoms with Gasteiger partial charge in [-0.25, -0.2) is 0 Å². The van der Waals surface area contributed by atoms with E-state index in [0.29, 0.717) is 0 Å². The third kappa shape index (κ3) is 10.7. The summed E-state index contributed by atoms with van der Waals surface area (Å²) in [5.41, 5.74) is 37.5. The Morgan fingerprint density at radius 1 is 0.172 bits per heavy atom. The lowest BCUT2D eigenvalue weighted by atomic mass is 9.81. The number of rotatable bonds is 12. The second-order valence-corrected chi connectivity index (χ2v) is 36.4. The van der Waals surface area contributed by atoms with Crippen LogP contribution in [0.25, 0.3) is 109 Å². The Morgan fingerprint density at radius 3 is 0.648 bits per heavy atom. The predicted molar refractivity (Wildman–Crippen MR) is 519 cm³/mol. The van der Waals surface area contributed by atoms with E-state index in [1.54, 1.807) is 0 Å². The Hall–Kier alpha value is -14.3. The van der Waals surface area contributed by atoms with Gasteiger partial charge in [0.1, 0.15) is 0 Å². The van der Waals surface area contributed by atoms with Crippen molar-refractivity contribution in [3.8, 4) is 44.5 Å². The van der Waals surface area contributed by atoms with Crippen molar-refractivity contribution in [2.24, 2.45) is 0 Å². The number of benzene rings is 20. The van der Waals surface area contributed by atoms with E-state index >= 15 is 0 Å². The molecule has 0 amide bonds. The second kappa shape index (κ2) is 27.1. The maximum atomic E-state index is 2.54. The van der Waals surface area contributed by atoms with Crippen LogP contribution < -0.4 is 19.6 Å². The number of aryl methyl sites for hydroxylation is 2. The van der Waals surface area contributed by atoms with Gasteiger partial charge >= 0.3 is 0 Å². The van der Waals surface area contributed by atoms with Crippen molar-refractivity contribution in [3.63, 3.8) is 0 Å². The molecule has 4 aliphatic carbocycles. The highest BCUT2D eigenvalue weighted by Gasteiger charge is 2.44. The van der Waals surface area contributed by atoms with Crippen molar-refractivity contribution in [2.75, 3.05) is 19.6 Å². The zero-order valence-corrected chi connectivity index (χ0v) is 70.6. The van der Waals surface area contributed by atoms with Crippen molar-refractivity contribution in [1.82, 2.24) is 0 Å². The number of fused-ring (bicyclic) bond motifs is 12. The summed E-state index contributed by atoms with van der Waals surface area (Å²) in [6.07, 6.45) is 0. The second-order valence-electron chi connectivity index (χ2n) is 36.4. The molecule has 4 nitrogen and oxygen atoms in total. The van der Waals surface area contributed by atoms with E-state index in [9.17, 15) is 0 Å². The van der Waals surface area contributed by atoms with Gasteiger partial charge in [-0.05, 0) is 254 Å². The van der Waals surface area contributed by atoms with Gasteiger partial charge in [-0.2, -0.15) is 0 Å². The lowest BCUT2D eigenvalue weighted by molar-refractivity contribution is 0.660. The van der Waals surface area contributed by atoms with Crippen molar-refractivity contribution in [1.29, 1.82) is 0 Å². The van der Waals surface area contributed by atoms with Crippen LogP contribution in [0.1, 0.15) is 111 Å². The van der Waals surface area contributed by atoms with Crippen LogP contribution in [-0.4, -0.2) is 0 Å². The van der Waals surface area contributed by atoms with Crippen LogP contribution in [0.5, 0.6) is 0 Å². The molecule has 0 spiro atoms. The van der Waals surface area contributed by atoms with Crippen molar-refractivity contribution in [3.05, 3.63) is 432 Å². The third-order valence-electron chi connectivity index (χ3n) is 27.9. The van der Waals surface area contributed by atoms with E-state index in [1.807, 2.05) is 0 Å². The van der Waals surface area contributed by atoms with E-state index in [1.165, 1.54) is 210 Å². The summed E-state index contributed by atoms with van der Waals surface area (Å²) in [6, 6.07) is 141. The fourth-order valence-electron chi connectivity index (χ4n) is 22.7. The average molecular weight is 1570 g/mol. The van der Waals surface area contributed by atoms with Crippen LogP contribution >= 0.6 is 0 Å². The van der Waals surface area contributed by atoms with E-state index in [2.05, 4.69) is 465 Å². The molecule has 0 heterocycles. The average Bonchev–Trinajstić information content (AvgIpc) is 0.841. The van der Waals surface area contributed by atoms with E-state index in [0.717, 1.165) is 22.7 Å². The van der Waals surface area contributed by atoms with Gasteiger partial charge in [0, 0.05) is 66.0 Å². The van der Waals surface area contributed by atoms with Gasteiger partial charge in [-0.3, -0.25) is 0 Å². The maximum Gasteiger partial charge on any atom is 0.0540 e. The minimum atomic E-state index is -0.184. The molecule has 4 heteroatoms. The number of anilines is 12. The molecule has 0 unspecified atom stereocenters. The molecule has 20 aromatic rings. The van der Waals surface area contributed by atoms with Crippen LogP contribution in [-0.2, 0) is 21.7 Å². The molecule has 0 N–H and O–H groups in total. The number of nitrogens with zero attached hydrogens (tertiary/aromatic N) is 4. The highest BCUT2D eigenvalue weighted by atomic mass is 15.2. The Labute approximate surface area is 714 Å². The molecule has 0 bridgehead atoms. The first-order chi connectivity index (χ1) is 59.4. The number of hydrogen-bond donors (Lipinski definition) is 0. The van der Waals surface area contributed by atoms with Gasteiger partial charge in [0.2, 0.25) is 0 Å². The summed E-state index contributed by atoms with van der Waals surface area (Å²) in [4.78, 5) is 10.1. The Bertz CT molecular complexity index is 7240. The topological polar surface area (TPSA) is 13.0 Å². The first kappa shape index (κ1) is 72.9. The first-order valence-electron chi connectivity index (χ1n) is 43.2. The fraction of sp³-hybridized carbons (Fsp3) is 0.119. The van der Waals surface area contributed by atoms with Crippen LogP contribution in [0.2, 0.25) is 0 Å². The molecule has 20 aromatic carbocycles. The Kier molecular flexibility index (Phi) is 16.2. The molecular formula is C118H92N4. The van der Waals surface area contributed by atoms with Crippen LogP contribution in [0.15, 0.2) is 376 Å². The van der Waals surface area contributed by atoms with Crippen LogP contribution in [0.4, 0.5) is 68.2 Å². The van der Waals surface area contributed by atoms with Gasteiger partial charge in [-0.1, -0.05) is 334 Å². The van der Waals surface area contributed by atoms with E-state index in [4.69, 9.17) is 0 Å². The molecule has 0 aromatic heterocycles. The lowest BCUT2D eigenvalue weighted by Crippen LogP contribution is -2.21. The monoisotopic (exact) mass is 1560 g/mol. The maximum absolute atomic E-state index is 2.54. The summed E-state index contributed by atoms with van der Waals surface area (Å²) >= 11 is 0. The molecule has 24 rings (SSSR count). The summed E-state index contributed by atoms with van der Waals surface area (Å²) in [7, 11) is 0.